The maximum atomic E-state index is 12.6. The van der Waals surface area contributed by atoms with E-state index in [0.717, 1.165) is 16.6 Å². The molecule has 1 unspecified atom stereocenters. The monoisotopic (exact) mass is 316 g/mol. The quantitative estimate of drug-likeness (QED) is 0.816. The van der Waals surface area contributed by atoms with Crippen molar-refractivity contribution in [1.82, 2.24) is 9.63 Å². The number of benzene rings is 1. The lowest BCUT2D eigenvalue weighted by Gasteiger charge is -2.23. The Bertz CT molecular complexity index is 772. The first-order chi connectivity index (χ1) is 10.8. The molecule has 0 bridgehead atoms. The van der Waals surface area contributed by atoms with E-state index in [0.29, 0.717) is 0 Å². The maximum Gasteiger partial charge on any atom is 0.353 e. The predicted molar refractivity (Wildman–Crippen MR) is 84.8 cm³/mol. The van der Waals surface area contributed by atoms with Crippen LogP contribution >= 0.6 is 0 Å². The molecule has 1 aliphatic rings. The minimum absolute atomic E-state index is 0.0488. The van der Waals surface area contributed by atoms with E-state index in [4.69, 9.17) is 9.57 Å². The molecule has 2 aromatic rings. The first-order valence-electron chi connectivity index (χ1n) is 7.52. The Hall–Kier alpha value is -2.34. The van der Waals surface area contributed by atoms with Crippen molar-refractivity contribution in [3.8, 4) is 0 Å². The summed E-state index contributed by atoms with van der Waals surface area (Å²) in [7, 11) is 1.43. The number of para-hydroxylation sites is 1. The fraction of sp³-hybridized carbons (Fsp3) is 0.412. The number of hydroxylamine groups is 2. The van der Waals surface area contributed by atoms with Crippen molar-refractivity contribution in [2.75, 3.05) is 7.11 Å². The topological polar surface area (TPSA) is 60.8 Å². The van der Waals surface area contributed by atoms with E-state index >= 15 is 0 Å². The molecule has 6 nitrogen and oxygen atoms in total. The van der Waals surface area contributed by atoms with Crippen molar-refractivity contribution in [3.05, 3.63) is 36.0 Å². The lowest BCUT2D eigenvalue weighted by molar-refractivity contribution is -0.162. The van der Waals surface area contributed by atoms with Crippen LogP contribution in [0, 0.1) is 0 Å². The van der Waals surface area contributed by atoms with Gasteiger partial charge >= 0.3 is 12.0 Å². The molecular weight excluding hydrogens is 296 g/mol. The fourth-order valence-electron chi connectivity index (χ4n) is 2.92. The fourth-order valence-corrected chi connectivity index (χ4v) is 2.92. The van der Waals surface area contributed by atoms with Crippen LogP contribution in [0.5, 0.6) is 0 Å². The summed E-state index contributed by atoms with van der Waals surface area (Å²) in [5.74, 6) is -0.365. The number of fused-ring (bicyclic) bond motifs is 3. The number of carbonyl (C=O) groups excluding carboxylic acids is 2. The van der Waals surface area contributed by atoms with Gasteiger partial charge in [-0.1, -0.05) is 18.2 Å². The van der Waals surface area contributed by atoms with Crippen LogP contribution in [0.2, 0.25) is 0 Å². The zero-order valence-electron chi connectivity index (χ0n) is 13.7. The van der Waals surface area contributed by atoms with E-state index in [9.17, 15) is 9.59 Å². The van der Waals surface area contributed by atoms with E-state index in [2.05, 4.69) is 0 Å². The summed E-state index contributed by atoms with van der Waals surface area (Å²) >= 11 is 0. The molecule has 0 N–H and O–H groups in total. The van der Waals surface area contributed by atoms with Crippen LogP contribution in [0.25, 0.3) is 10.9 Å². The standard InChI is InChI=1S/C17H20N2O4/c1-17(2,3)23-15(20)10-14-13-9-11-7-5-6-8-12(11)18(13)16(21)19(14)22-4/h5-9,14H,10H2,1-4H3. The Morgan fingerprint density at radius 2 is 1.96 bits per heavy atom. The van der Waals surface area contributed by atoms with Gasteiger partial charge < -0.3 is 4.74 Å². The van der Waals surface area contributed by atoms with Gasteiger partial charge in [-0.3, -0.25) is 14.2 Å². The first kappa shape index (κ1) is 15.6. The number of hydrogen-bond acceptors (Lipinski definition) is 4. The molecule has 0 aliphatic carbocycles. The third-order valence-corrected chi connectivity index (χ3v) is 3.72. The highest BCUT2D eigenvalue weighted by Crippen LogP contribution is 2.37. The molecule has 1 aromatic heterocycles. The van der Waals surface area contributed by atoms with Gasteiger partial charge in [0.2, 0.25) is 0 Å². The van der Waals surface area contributed by atoms with E-state index < -0.39 is 11.6 Å². The van der Waals surface area contributed by atoms with Crippen molar-refractivity contribution < 1.29 is 19.2 Å². The van der Waals surface area contributed by atoms with Crippen LogP contribution < -0.4 is 0 Å². The lowest BCUT2D eigenvalue weighted by Crippen LogP contribution is -2.31. The molecule has 1 aliphatic heterocycles. The second-order valence-electron chi connectivity index (χ2n) is 6.56. The number of ether oxygens (including phenoxy) is 1. The minimum atomic E-state index is -0.565. The van der Waals surface area contributed by atoms with E-state index in [-0.39, 0.29) is 18.4 Å². The zero-order valence-corrected chi connectivity index (χ0v) is 13.7. The molecule has 6 heteroatoms. The minimum Gasteiger partial charge on any atom is -0.460 e. The molecule has 1 amide bonds. The molecule has 2 heterocycles. The molecule has 1 atom stereocenters. The highest BCUT2D eigenvalue weighted by molar-refractivity contribution is 5.95. The molecule has 0 saturated carbocycles. The Labute approximate surface area is 134 Å². The number of amides is 1. The van der Waals surface area contributed by atoms with Crippen LogP contribution in [-0.4, -0.2) is 34.3 Å². The first-order valence-corrected chi connectivity index (χ1v) is 7.52. The summed E-state index contributed by atoms with van der Waals surface area (Å²) in [5.41, 5.74) is 0.981. The molecule has 0 spiro atoms. The number of rotatable bonds is 3. The van der Waals surface area contributed by atoms with Gasteiger partial charge in [0.15, 0.2) is 0 Å². The summed E-state index contributed by atoms with van der Waals surface area (Å²) in [6, 6.07) is 8.74. The van der Waals surface area contributed by atoms with Crippen molar-refractivity contribution in [3.63, 3.8) is 0 Å². The summed E-state index contributed by atoms with van der Waals surface area (Å²) in [5, 5.41) is 2.19. The van der Waals surface area contributed by atoms with Crippen LogP contribution in [0.4, 0.5) is 4.79 Å². The summed E-state index contributed by atoms with van der Waals surface area (Å²) in [6.07, 6.45) is 0.0488. The lowest BCUT2D eigenvalue weighted by atomic mass is 10.1. The second kappa shape index (κ2) is 5.38. The molecule has 23 heavy (non-hydrogen) atoms. The summed E-state index contributed by atoms with van der Waals surface area (Å²) < 4.78 is 6.97. The van der Waals surface area contributed by atoms with E-state index in [1.165, 1.54) is 12.2 Å². The van der Waals surface area contributed by atoms with Gasteiger partial charge in [-0.05, 0) is 32.9 Å². The highest BCUT2D eigenvalue weighted by atomic mass is 16.7. The largest absolute Gasteiger partial charge is 0.460 e. The molecule has 1 aromatic carbocycles. The Morgan fingerprint density at radius 3 is 2.61 bits per heavy atom. The van der Waals surface area contributed by atoms with Gasteiger partial charge in [0.1, 0.15) is 11.6 Å². The molecule has 0 saturated heterocycles. The second-order valence-corrected chi connectivity index (χ2v) is 6.56. The van der Waals surface area contributed by atoms with Gasteiger partial charge in [-0.25, -0.2) is 4.79 Å². The van der Waals surface area contributed by atoms with Gasteiger partial charge in [0.25, 0.3) is 0 Å². The predicted octanol–water partition coefficient (Wildman–Crippen LogP) is 3.26. The van der Waals surface area contributed by atoms with Crippen LogP contribution in [0.3, 0.4) is 0 Å². The van der Waals surface area contributed by atoms with E-state index in [1.807, 2.05) is 51.1 Å². The van der Waals surface area contributed by atoms with Crippen molar-refractivity contribution in [1.29, 1.82) is 0 Å². The van der Waals surface area contributed by atoms with E-state index in [1.54, 1.807) is 4.57 Å². The van der Waals surface area contributed by atoms with Crippen molar-refractivity contribution in [2.24, 2.45) is 0 Å². The Morgan fingerprint density at radius 1 is 1.26 bits per heavy atom. The SMILES string of the molecule is CON1C(=O)n2c(cc3ccccc32)C1CC(=O)OC(C)(C)C. The molecule has 3 rings (SSSR count). The average Bonchev–Trinajstić information content (AvgIpc) is 2.94. The van der Waals surface area contributed by atoms with Crippen molar-refractivity contribution >= 4 is 22.9 Å². The molecule has 122 valence electrons. The Balaban J connectivity index is 1.97. The number of carbonyl (C=O) groups is 2. The highest BCUT2D eigenvalue weighted by Gasteiger charge is 2.40. The third kappa shape index (κ3) is 2.70. The van der Waals surface area contributed by atoms with Gasteiger partial charge in [-0.2, -0.15) is 5.06 Å². The molecule has 0 radical (unpaired) electrons. The Kier molecular flexibility index (Phi) is 3.64. The number of aromatic nitrogens is 1. The number of hydrogen-bond donors (Lipinski definition) is 0. The zero-order chi connectivity index (χ0) is 16.8. The van der Waals surface area contributed by atoms with Crippen molar-refractivity contribution in [2.45, 2.75) is 38.8 Å². The van der Waals surface area contributed by atoms with Gasteiger partial charge in [-0.15, -0.1) is 0 Å². The third-order valence-electron chi connectivity index (χ3n) is 3.72. The normalized spacial score (nSPS) is 17.7. The summed E-state index contributed by atoms with van der Waals surface area (Å²) in [4.78, 5) is 30.0. The van der Waals surface area contributed by atoms with Crippen LogP contribution in [-0.2, 0) is 14.4 Å². The number of nitrogens with zero attached hydrogens (tertiary/aromatic N) is 2. The number of esters is 1. The maximum absolute atomic E-state index is 12.6. The van der Waals surface area contributed by atoms with Crippen LogP contribution in [0.15, 0.2) is 30.3 Å². The van der Waals surface area contributed by atoms with Gasteiger partial charge in [0.05, 0.1) is 24.7 Å². The smallest absolute Gasteiger partial charge is 0.353 e. The van der Waals surface area contributed by atoms with Crippen LogP contribution in [0.1, 0.15) is 38.9 Å². The summed E-state index contributed by atoms with van der Waals surface area (Å²) in [6.45, 7) is 5.45. The molecular formula is C17H20N2O4. The molecule has 0 fully saturated rings. The van der Waals surface area contributed by atoms with Gasteiger partial charge in [0, 0.05) is 5.39 Å². The average molecular weight is 316 g/mol.